The van der Waals surface area contributed by atoms with Crippen LogP contribution in [0.4, 0.5) is 0 Å². The largest absolute Gasteiger partial charge is 0.377 e. The molecule has 32 heavy (non-hydrogen) atoms. The topological polar surface area (TPSA) is 37.6 Å². The van der Waals surface area contributed by atoms with Crippen LogP contribution in [0.3, 0.4) is 0 Å². The summed E-state index contributed by atoms with van der Waals surface area (Å²) in [6.45, 7) is 1.88. The van der Waals surface area contributed by atoms with Gasteiger partial charge in [-0.1, -0.05) is 72.3 Å². The number of benzene rings is 2. The molecule has 4 aromatic rings. The number of halogens is 1. The van der Waals surface area contributed by atoms with Gasteiger partial charge in [-0.15, -0.1) is 0 Å². The third-order valence-electron chi connectivity index (χ3n) is 6.10. The quantitative estimate of drug-likeness (QED) is 0.272. The maximum absolute atomic E-state index is 13.3. The number of rotatable bonds is 5. The molecule has 0 radical (unpaired) electrons. The van der Waals surface area contributed by atoms with Crippen molar-refractivity contribution in [2.45, 2.75) is 18.8 Å². The van der Waals surface area contributed by atoms with E-state index in [0.717, 1.165) is 31.5 Å². The summed E-state index contributed by atoms with van der Waals surface area (Å²) in [6.07, 6.45) is 7.52. The first-order chi connectivity index (χ1) is 15.7. The second kappa shape index (κ2) is 9.01. The molecule has 4 nitrogen and oxygen atoms in total. The Kier molecular flexibility index (Phi) is 5.78. The third-order valence-corrected chi connectivity index (χ3v) is 6.32. The molecule has 3 heterocycles. The van der Waals surface area contributed by atoms with Gasteiger partial charge in [0.25, 0.3) is 0 Å². The number of imidazole rings is 1. The monoisotopic (exact) mass is 441 g/mol. The highest BCUT2D eigenvalue weighted by Crippen LogP contribution is 2.29. The first-order valence-electron chi connectivity index (χ1n) is 10.9. The number of aromatic nitrogens is 2. The van der Waals surface area contributed by atoms with E-state index in [-0.39, 0.29) is 5.78 Å². The lowest BCUT2D eigenvalue weighted by molar-refractivity contribution is 0.104. The van der Waals surface area contributed by atoms with Gasteiger partial charge in [-0.3, -0.25) is 9.20 Å². The predicted molar refractivity (Wildman–Crippen MR) is 129 cm³/mol. The van der Waals surface area contributed by atoms with E-state index in [2.05, 4.69) is 35.2 Å². The molecular formula is C27H24ClN3O. The zero-order chi connectivity index (χ0) is 21.9. The normalized spacial score (nSPS) is 15.0. The molecule has 0 saturated carbocycles. The van der Waals surface area contributed by atoms with Crippen molar-refractivity contribution in [2.24, 2.45) is 0 Å². The maximum atomic E-state index is 13.3. The van der Waals surface area contributed by atoms with Crippen LogP contribution in [0.1, 0.15) is 34.8 Å². The van der Waals surface area contributed by atoms with Crippen molar-refractivity contribution in [3.8, 4) is 11.3 Å². The molecule has 0 amide bonds. The summed E-state index contributed by atoms with van der Waals surface area (Å²) < 4.78 is 1.79. The molecule has 1 aliphatic heterocycles. The number of nitrogens with zero attached hydrogens (tertiary/aromatic N) is 3. The molecule has 160 valence electrons. The fraction of sp³-hybridized carbons (Fsp3) is 0.185. The van der Waals surface area contributed by atoms with Gasteiger partial charge in [0, 0.05) is 37.1 Å². The van der Waals surface area contributed by atoms with Crippen LogP contribution in [0.2, 0.25) is 5.02 Å². The summed E-state index contributed by atoms with van der Waals surface area (Å²) in [5.74, 6) is 0.506. The van der Waals surface area contributed by atoms with E-state index in [0.29, 0.717) is 28.0 Å². The second-order valence-electron chi connectivity index (χ2n) is 8.15. The summed E-state index contributed by atoms with van der Waals surface area (Å²) in [5.41, 5.74) is 4.22. The summed E-state index contributed by atoms with van der Waals surface area (Å²) in [7, 11) is 0. The Bertz CT molecular complexity index is 1260. The Labute approximate surface area is 192 Å². The number of pyridine rings is 1. The van der Waals surface area contributed by atoms with E-state index >= 15 is 0 Å². The van der Waals surface area contributed by atoms with Crippen LogP contribution in [0.15, 0.2) is 91.3 Å². The van der Waals surface area contributed by atoms with Crippen molar-refractivity contribution in [1.29, 1.82) is 0 Å². The SMILES string of the molecule is O=C(/C=C/N1CCC(c2ccccc2)CC1)c1c(-c2ccccc2)nc2ccc(Cl)cn12. The van der Waals surface area contributed by atoms with Crippen molar-refractivity contribution < 1.29 is 4.79 Å². The molecular weight excluding hydrogens is 418 g/mol. The van der Waals surface area contributed by atoms with Gasteiger partial charge in [-0.25, -0.2) is 4.98 Å². The number of ketones is 1. The number of carbonyl (C=O) groups excluding carboxylic acids is 1. The lowest BCUT2D eigenvalue weighted by atomic mass is 9.90. The Morgan fingerprint density at radius 2 is 1.62 bits per heavy atom. The van der Waals surface area contributed by atoms with Crippen LogP contribution in [0.5, 0.6) is 0 Å². The van der Waals surface area contributed by atoms with Gasteiger partial charge < -0.3 is 4.90 Å². The minimum Gasteiger partial charge on any atom is -0.377 e. The van der Waals surface area contributed by atoms with Crippen LogP contribution in [-0.4, -0.2) is 33.2 Å². The van der Waals surface area contributed by atoms with Crippen LogP contribution in [-0.2, 0) is 0 Å². The molecule has 0 aliphatic carbocycles. The molecule has 0 bridgehead atoms. The smallest absolute Gasteiger partial charge is 0.206 e. The molecule has 1 aliphatic rings. The summed E-state index contributed by atoms with van der Waals surface area (Å²) >= 11 is 6.23. The zero-order valence-corrected chi connectivity index (χ0v) is 18.4. The number of piperidine rings is 1. The number of likely N-dealkylation sites (tertiary alicyclic amines) is 1. The van der Waals surface area contributed by atoms with Crippen molar-refractivity contribution in [3.63, 3.8) is 0 Å². The highest BCUT2D eigenvalue weighted by molar-refractivity contribution is 6.30. The molecule has 1 saturated heterocycles. The lowest BCUT2D eigenvalue weighted by Gasteiger charge is -2.31. The van der Waals surface area contributed by atoms with E-state index in [1.54, 1.807) is 22.7 Å². The number of fused-ring (bicyclic) bond motifs is 1. The number of hydrogen-bond donors (Lipinski definition) is 0. The van der Waals surface area contributed by atoms with E-state index in [1.165, 1.54) is 5.56 Å². The molecule has 5 heteroatoms. The Hall–Kier alpha value is -3.37. The van der Waals surface area contributed by atoms with E-state index < -0.39 is 0 Å². The molecule has 0 spiro atoms. The van der Waals surface area contributed by atoms with Crippen molar-refractivity contribution in [2.75, 3.05) is 13.1 Å². The van der Waals surface area contributed by atoms with Crippen LogP contribution < -0.4 is 0 Å². The van der Waals surface area contributed by atoms with E-state index in [9.17, 15) is 4.79 Å². The number of allylic oxidation sites excluding steroid dienone is 1. The van der Waals surface area contributed by atoms with Crippen molar-refractivity contribution in [3.05, 3.63) is 108 Å². The molecule has 0 unspecified atom stereocenters. The number of hydrogen-bond acceptors (Lipinski definition) is 3. The fourth-order valence-corrected chi connectivity index (χ4v) is 4.57. The Morgan fingerprint density at radius 3 is 2.34 bits per heavy atom. The molecule has 1 fully saturated rings. The van der Waals surface area contributed by atoms with Gasteiger partial charge in [-0.2, -0.15) is 0 Å². The predicted octanol–water partition coefficient (Wildman–Crippen LogP) is 6.23. The highest BCUT2D eigenvalue weighted by Gasteiger charge is 2.21. The first kappa shape index (κ1) is 20.5. The Balaban J connectivity index is 1.38. The van der Waals surface area contributed by atoms with Crippen LogP contribution >= 0.6 is 11.6 Å². The average Bonchev–Trinajstić information content (AvgIpc) is 3.23. The van der Waals surface area contributed by atoms with E-state index in [1.807, 2.05) is 42.6 Å². The molecule has 5 rings (SSSR count). The molecule has 2 aromatic heterocycles. The summed E-state index contributed by atoms with van der Waals surface area (Å²) in [5, 5.41) is 0.565. The molecule has 0 N–H and O–H groups in total. The summed E-state index contributed by atoms with van der Waals surface area (Å²) in [4.78, 5) is 20.3. The average molecular weight is 442 g/mol. The van der Waals surface area contributed by atoms with Gasteiger partial charge in [0.1, 0.15) is 17.0 Å². The minimum atomic E-state index is -0.0798. The number of carbonyl (C=O) groups is 1. The molecule has 0 atom stereocenters. The van der Waals surface area contributed by atoms with E-state index in [4.69, 9.17) is 16.6 Å². The fourth-order valence-electron chi connectivity index (χ4n) is 4.41. The standard InChI is InChI=1S/C27H24ClN3O/c28-23-11-12-25-29-26(22-9-5-2-6-10-22)27(31(25)19-23)24(32)15-18-30-16-13-21(14-17-30)20-7-3-1-4-8-20/h1-12,15,18-19,21H,13-14,16-17H2/b18-15+. The van der Waals surface area contributed by atoms with Crippen molar-refractivity contribution >= 4 is 23.0 Å². The highest BCUT2D eigenvalue weighted by atomic mass is 35.5. The summed E-state index contributed by atoms with van der Waals surface area (Å²) in [6, 6.07) is 24.1. The van der Waals surface area contributed by atoms with Gasteiger partial charge in [0.2, 0.25) is 5.78 Å². The zero-order valence-electron chi connectivity index (χ0n) is 17.7. The second-order valence-corrected chi connectivity index (χ2v) is 8.59. The first-order valence-corrected chi connectivity index (χ1v) is 11.3. The molecule has 2 aromatic carbocycles. The van der Waals surface area contributed by atoms with Gasteiger partial charge in [0.05, 0.1) is 5.02 Å². The Morgan fingerprint density at radius 1 is 0.938 bits per heavy atom. The van der Waals surface area contributed by atoms with Crippen molar-refractivity contribution in [1.82, 2.24) is 14.3 Å². The third kappa shape index (κ3) is 4.19. The lowest BCUT2D eigenvalue weighted by Crippen LogP contribution is -2.28. The van der Waals surface area contributed by atoms with Gasteiger partial charge >= 0.3 is 0 Å². The van der Waals surface area contributed by atoms with Crippen LogP contribution in [0, 0.1) is 0 Å². The van der Waals surface area contributed by atoms with Gasteiger partial charge in [0.15, 0.2) is 0 Å². The van der Waals surface area contributed by atoms with Crippen LogP contribution in [0.25, 0.3) is 16.9 Å². The minimum absolute atomic E-state index is 0.0798. The maximum Gasteiger partial charge on any atom is 0.206 e. The van der Waals surface area contributed by atoms with Gasteiger partial charge in [-0.05, 0) is 36.5 Å².